The van der Waals surface area contributed by atoms with E-state index in [0.717, 1.165) is 5.56 Å². The fourth-order valence-corrected chi connectivity index (χ4v) is 1.23. The van der Waals surface area contributed by atoms with Crippen molar-refractivity contribution in [3.05, 3.63) is 28.8 Å². The van der Waals surface area contributed by atoms with Crippen LogP contribution in [0.4, 0.5) is 0 Å². The second-order valence-electron chi connectivity index (χ2n) is 2.49. The normalized spacial score (nSPS) is 13.0. The zero-order valence-electron chi connectivity index (χ0n) is 6.21. The van der Waals surface area contributed by atoms with E-state index in [1.807, 2.05) is 6.92 Å². The summed E-state index contributed by atoms with van der Waals surface area (Å²) in [5, 5.41) is 9.51. The van der Waals surface area contributed by atoms with Crippen LogP contribution >= 0.6 is 11.6 Å². The van der Waals surface area contributed by atoms with Crippen LogP contribution in [0.3, 0.4) is 0 Å². The average Bonchev–Trinajstić information content (AvgIpc) is 1.85. The van der Waals surface area contributed by atoms with Crippen LogP contribution in [0.2, 0.25) is 5.02 Å². The summed E-state index contributed by atoms with van der Waals surface area (Å²) in [6, 6.07) is 4.69. The highest BCUT2D eigenvalue weighted by molar-refractivity contribution is 6.31. The van der Waals surface area contributed by atoms with E-state index in [1.165, 1.54) is 6.07 Å². The standard InChI is InChI=1S/C8H10ClNO/c1-5(10)7-3-2-6(11)4-8(7)9/h2-5,11H,10H2,1H3/t5-/m0/s1. The SMILES string of the molecule is C[C@H](N)c1ccc(O)cc1Cl. The van der Waals surface area contributed by atoms with Gasteiger partial charge in [-0.15, -0.1) is 0 Å². The number of hydrogen-bond donors (Lipinski definition) is 2. The van der Waals surface area contributed by atoms with Crippen molar-refractivity contribution < 1.29 is 5.11 Å². The number of aromatic hydroxyl groups is 1. The van der Waals surface area contributed by atoms with E-state index in [0.29, 0.717) is 5.02 Å². The first-order valence-electron chi connectivity index (χ1n) is 3.35. The molecule has 1 rings (SSSR count). The van der Waals surface area contributed by atoms with Crippen LogP contribution in [0.5, 0.6) is 5.75 Å². The van der Waals surface area contributed by atoms with E-state index in [4.69, 9.17) is 22.4 Å². The van der Waals surface area contributed by atoms with Gasteiger partial charge in [0.2, 0.25) is 0 Å². The highest BCUT2D eigenvalue weighted by Crippen LogP contribution is 2.24. The molecule has 1 aromatic rings. The van der Waals surface area contributed by atoms with Crippen molar-refractivity contribution in [1.82, 2.24) is 0 Å². The van der Waals surface area contributed by atoms with Gasteiger partial charge in [-0.3, -0.25) is 0 Å². The molecule has 0 bridgehead atoms. The largest absolute Gasteiger partial charge is 0.508 e. The smallest absolute Gasteiger partial charge is 0.117 e. The molecule has 0 unspecified atom stereocenters. The Balaban J connectivity index is 3.09. The first-order valence-corrected chi connectivity index (χ1v) is 3.73. The van der Waals surface area contributed by atoms with Gasteiger partial charge >= 0.3 is 0 Å². The number of halogens is 1. The molecule has 0 aliphatic heterocycles. The minimum Gasteiger partial charge on any atom is -0.508 e. The summed E-state index contributed by atoms with van der Waals surface area (Å²) in [6.45, 7) is 1.85. The van der Waals surface area contributed by atoms with Crippen molar-refractivity contribution in [2.45, 2.75) is 13.0 Å². The topological polar surface area (TPSA) is 46.2 Å². The predicted molar refractivity (Wildman–Crippen MR) is 45.7 cm³/mol. The molecule has 0 aliphatic carbocycles. The number of hydrogen-bond acceptors (Lipinski definition) is 2. The first kappa shape index (κ1) is 8.37. The molecule has 60 valence electrons. The maximum absolute atomic E-state index is 8.99. The molecular weight excluding hydrogens is 162 g/mol. The Kier molecular flexibility index (Phi) is 2.37. The molecule has 0 saturated heterocycles. The van der Waals surface area contributed by atoms with Crippen LogP contribution in [0.15, 0.2) is 18.2 Å². The van der Waals surface area contributed by atoms with Crippen LogP contribution in [-0.4, -0.2) is 5.11 Å². The van der Waals surface area contributed by atoms with Crippen LogP contribution < -0.4 is 5.73 Å². The van der Waals surface area contributed by atoms with Gasteiger partial charge in [0, 0.05) is 11.1 Å². The number of rotatable bonds is 1. The van der Waals surface area contributed by atoms with Crippen LogP contribution in [0, 0.1) is 0 Å². The van der Waals surface area contributed by atoms with E-state index in [-0.39, 0.29) is 11.8 Å². The lowest BCUT2D eigenvalue weighted by molar-refractivity contribution is 0.475. The van der Waals surface area contributed by atoms with Crippen LogP contribution in [-0.2, 0) is 0 Å². The fraction of sp³-hybridized carbons (Fsp3) is 0.250. The fourth-order valence-electron chi connectivity index (χ4n) is 0.885. The highest BCUT2D eigenvalue weighted by atomic mass is 35.5. The molecule has 0 fully saturated rings. The zero-order valence-corrected chi connectivity index (χ0v) is 6.97. The third-order valence-corrected chi connectivity index (χ3v) is 1.80. The van der Waals surface area contributed by atoms with Gasteiger partial charge in [-0.1, -0.05) is 17.7 Å². The second kappa shape index (κ2) is 3.11. The van der Waals surface area contributed by atoms with Gasteiger partial charge < -0.3 is 10.8 Å². The third-order valence-electron chi connectivity index (χ3n) is 1.47. The average molecular weight is 172 g/mol. The van der Waals surface area contributed by atoms with Crippen molar-refractivity contribution in [1.29, 1.82) is 0 Å². The summed E-state index contributed by atoms with van der Waals surface area (Å²) in [5.74, 6) is 0.166. The molecule has 0 aromatic heterocycles. The van der Waals surface area contributed by atoms with E-state index >= 15 is 0 Å². The maximum atomic E-state index is 8.99. The monoisotopic (exact) mass is 171 g/mol. The molecule has 1 atom stereocenters. The Morgan fingerprint density at radius 1 is 1.55 bits per heavy atom. The van der Waals surface area contributed by atoms with Gasteiger partial charge in [0.15, 0.2) is 0 Å². The molecule has 3 heteroatoms. The van der Waals surface area contributed by atoms with E-state index < -0.39 is 0 Å². The number of phenolic OH excluding ortho intramolecular Hbond substituents is 1. The lowest BCUT2D eigenvalue weighted by Crippen LogP contribution is -2.04. The molecule has 0 amide bonds. The van der Waals surface area contributed by atoms with Gasteiger partial charge in [0.05, 0.1) is 0 Å². The lowest BCUT2D eigenvalue weighted by atomic mass is 10.1. The van der Waals surface area contributed by atoms with Crippen molar-refractivity contribution >= 4 is 11.6 Å². The second-order valence-corrected chi connectivity index (χ2v) is 2.90. The Bertz CT molecular complexity index is 260. The van der Waals surface area contributed by atoms with Crippen molar-refractivity contribution in [2.24, 2.45) is 5.73 Å². The van der Waals surface area contributed by atoms with E-state index in [2.05, 4.69) is 0 Å². The molecule has 11 heavy (non-hydrogen) atoms. The first-order chi connectivity index (χ1) is 5.11. The molecule has 0 heterocycles. The Labute approximate surface area is 70.6 Å². The number of benzene rings is 1. The minimum absolute atomic E-state index is 0.0944. The van der Waals surface area contributed by atoms with E-state index in [1.54, 1.807) is 12.1 Å². The van der Waals surface area contributed by atoms with Crippen molar-refractivity contribution in [2.75, 3.05) is 0 Å². The maximum Gasteiger partial charge on any atom is 0.117 e. The van der Waals surface area contributed by atoms with Gasteiger partial charge in [-0.25, -0.2) is 0 Å². The van der Waals surface area contributed by atoms with Gasteiger partial charge in [0.1, 0.15) is 5.75 Å². The Hall–Kier alpha value is -0.730. The zero-order chi connectivity index (χ0) is 8.43. The third kappa shape index (κ3) is 1.85. The summed E-state index contributed by atoms with van der Waals surface area (Å²) in [5.41, 5.74) is 6.45. The van der Waals surface area contributed by atoms with Gasteiger partial charge in [-0.2, -0.15) is 0 Å². The highest BCUT2D eigenvalue weighted by Gasteiger charge is 2.04. The molecule has 1 aromatic carbocycles. The Morgan fingerprint density at radius 3 is 2.64 bits per heavy atom. The summed E-state index contributed by atoms with van der Waals surface area (Å²) >= 11 is 5.78. The Morgan fingerprint density at radius 2 is 2.18 bits per heavy atom. The van der Waals surface area contributed by atoms with E-state index in [9.17, 15) is 0 Å². The van der Waals surface area contributed by atoms with Crippen molar-refractivity contribution in [3.8, 4) is 5.75 Å². The number of nitrogens with two attached hydrogens (primary N) is 1. The van der Waals surface area contributed by atoms with Crippen LogP contribution in [0.25, 0.3) is 0 Å². The summed E-state index contributed by atoms with van der Waals surface area (Å²) in [4.78, 5) is 0. The van der Waals surface area contributed by atoms with Crippen LogP contribution in [0.1, 0.15) is 18.5 Å². The quantitative estimate of drug-likeness (QED) is 0.680. The number of phenols is 1. The van der Waals surface area contributed by atoms with Gasteiger partial charge in [0.25, 0.3) is 0 Å². The summed E-state index contributed by atoms with van der Waals surface area (Å²) in [6.07, 6.45) is 0. The summed E-state index contributed by atoms with van der Waals surface area (Å²) < 4.78 is 0. The lowest BCUT2D eigenvalue weighted by Gasteiger charge is -2.07. The molecule has 0 aliphatic rings. The summed E-state index contributed by atoms with van der Waals surface area (Å²) in [7, 11) is 0. The molecule has 0 saturated carbocycles. The molecule has 3 N–H and O–H groups in total. The molecule has 0 spiro atoms. The molecular formula is C8H10ClNO. The van der Waals surface area contributed by atoms with Gasteiger partial charge in [-0.05, 0) is 24.6 Å². The predicted octanol–water partition coefficient (Wildman–Crippen LogP) is 2.07. The van der Waals surface area contributed by atoms with Crippen molar-refractivity contribution in [3.63, 3.8) is 0 Å². The molecule has 2 nitrogen and oxygen atoms in total. The minimum atomic E-state index is -0.0944. The molecule has 0 radical (unpaired) electrons.